The number of likely N-dealkylation sites (N-methyl/N-ethyl adjacent to an activating group) is 1. The van der Waals surface area contributed by atoms with E-state index < -0.39 is 11.9 Å². The van der Waals surface area contributed by atoms with Gasteiger partial charge in [-0.3, -0.25) is 4.79 Å². The molecule has 0 aromatic heterocycles. The maximum Gasteiger partial charge on any atom is 0.331 e. The summed E-state index contributed by atoms with van der Waals surface area (Å²) in [4.78, 5) is 33.8. The molecular weight excluding hydrogens is 214 g/mol. The fraction of sp³-hybridized carbons (Fsp3) is 0.500. The molecule has 0 spiro atoms. The monoisotopic (exact) mass is 229 g/mol. The number of nitrogens with zero attached hydrogens (tertiary/aromatic N) is 1. The number of hydrogen-bond donors (Lipinski definition) is 1. The van der Waals surface area contributed by atoms with Crippen molar-refractivity contribution in [2.24, 2.45) is 0 Å². The third-order valence-electron chi connectivity index (χ3n) is 1.82. The molecule has 0 fully saturated rings. The van der Waals surface area contributed by atoms with Gasteiger partial charge in [-0.2, -0.15) is 0 Å². The van der Waals surface area contributed by atoms with E-state index >= 15 is 0 Å². The Bertz CT molecular complexity index is 294. The van der Waals surface area contributed by atoms with Crippen LogP contribution in [0.25, 0.3) is 0 Å². The molecule has 0 aliphatic heterocycles. The largest absolute Gasteiger partial charge is 0.478 e. The van der Waals surface area contributed by atoms with Crippen LogP contribution in [0.15, 0.2) is 12.2 Å². The molecule has 0 heterocycles. The molecule has 0 unspecified atom stereocenters. The molecule has 1 N–H and O–H groups in total. The molecule has 0 rings (SSSR count). The van der Waals surface area contributed by atoms with E-state index in [1.807, 2.05) is 13.8 Å². The lowest BCUT2D eigenvalue weighted by Crippen LogP contribution is -2.34. The first-order valence-electron chi connectivity index (χ1n) is 4.86. The molecule has 0 aliphatic carbocycles. The minimum atomic E-state index is -1.24. The molecule has 0 aromatic carbocycles. The number of amides is 1. The van der Waals surface area contributed by atoms with Crippen molar-refractivity contribution in [3.8, 4) is 0 Å². The maximum absolute atomic E-state index is 11.4. The molecule has 16 heavy (non-hydrogen) atoms. The van der Waals surface area contributed by atoms with Gasteiger partial charge >= 0.3 is 11.9 Å². The van der Waals surface area contributed by atoms with Crippen LogP contribution in [-0.2, 0) is 19.1 Å². The SMILES string of the molecule is CCN(CC)C(=O)COC(=O)/C=C\C(=O)O. The van der Waals surface area contributed by atoms with Gasteiger partial charge in [-0.25, -0.2) is 9.59 Å². The molecule has 6 heteroatoms. The second-order valence-corrected chi connectivity index (χ2v) is 2.85. The molecule has 0 atom stereocenters. The molecule has 0 aliphatic rings. The summed E-state index contributed by atoms with van der Waals surface area (Å²) in [6.45, 7) is 4.33. The summed E-state index contributed by atoms with van der Waals surface area (Å²) in [5.41, 5.74) is 0. The van der Waals surface area contributed by atoms with Crippen LogP contribution in [0.5, 0.6) is 0 Å². The Balaban J connectivity index is 4.01. The van der Waals surface area contributed by atoms with Crippen molar-refractivity contribution in [1.29, 1.82) is 0 Å². The number of esters is 1. The van der Waals surface area contributed by atoms with E-state index in [2.05, 4.69) is 4.74 Å². The Hall–Kier alpha value is -1.85. The lowest BCUT2D eigenvalue weighted by molar-refractivity contribution is -0.148. The van der Waals surface area contributed by atoms with Crippen molar-refractivity contribution >= 4 is 17.8 Å². The predicted molar refractivity (Wildman–Crippen MR) is 55.7 cm³/mol. The molecule has 0 bridgehead atoms. The van der Waals surface area contributed by atoms with Gasteiger partial charge in [-0.05, 0) is 13.8 Å². The number of ether oxygens (including phenoxy) is 1. The van der Waals surface area contributed by atoms with Crippen LogP contribution in [0.1, 0.15) is 13.8 Å². The Morgan fingerprint density at radius 1 is 1.19 bits per heavy atom. The summed E-state index contributed by atoms with van der Waals surface area (Å²) in [6.07, 6.45) is 1.42. The normalized spacial score (nSPS) is 10.1. The van der Waals surface area contributed by atoms with Crippen molar-refractivity contribution in [3.63, 3.8) is 0 Å². The molecular formula is C10H15NO5. The van der Waals surface area contributed by atoms with E-state index in [0.717, 1.165) is 6.08 Å². The Kier molecular flexibility index (Phi) is 6.58. The quantitative estimate of drug-likeness (QED) is 0.513. The number of carbonyl (C=O) groups excluding carboxylic acids is 2. The zero-order chi connectivity index (χ0) is 12.6. The maximum atomic E-state index is 11.4. The van der Waals surface area contributed by atoms with Gasteiger partial charge in [0.1, 0.15) is 0 Å². The fourth-order valence-corrected chi connectivity index (χ4v) is 0.988. The van der Waals surface area contributed by atoms with Crippen molar-refractivity contribution in [2.75, 3.05) is 19.7 Å². The third-order valence-corrected chi connectivity index (χ3v) is 1.82. The lowest BCUT2D eigenvalue weighted by Gasteiger charge is -2.17. The van der Waals surface area contributed by atoms with Gasteiger partial charge in [0.2, 0.25) is 0 Å². The highest BCUT2D eigenvalue weighted by atomic mass is 16.5. The van der Waals surface area contributed by atoms with E-state index in [0.29, 0.717) is 19.2 Å². The average Bonchev–Trinajstić information content (AvgIpc) is 2.25. The van der Waals surface area contributed by atoms with Gasteiger partial charge in [-0.1, -0.05) is 0 Å². The third kappa shape index (κ3) is 5.79. The Labute approximate surface area is 93.5 Å². The van der Waals surface area contributed by atoms with Gasteiger partial charge in [-0.15, -0.1) is 0 Å². The molecule has 1 amide bonds. The van der Waals surface area contributed by atoms with Gasteiger partial charge in [0, 0.05) is 25.2 Å². The molecule has 0 radical (unpaired) electrons. The highest BCUT2D eigenvalue weighted by molar-refractivity contribution is 5.91. The van der Waals surface area contributed by atoms with Crippen LogP contribution in [0.2, 0.25) is 0 Å². The zero-order valence-electron chi connectivity index (χ0n) is 9.30. The number of hydrogen-bond acceptors (Lipinski definition) is 4. The summed E-state index contributed by atoms with van der Waals surface area (Å²) in [7, 11) is 0. The van der Waals surface area contributed by atoms with Crippen LogP contribution in [0.4, 0.5) is 0 Å². The highest BCUT2D eigenvalue weighted by Gasteiger charge is 2.11. The first-order valence-corrected chi connectivity index (χ1v) is 4.86. The van der Waals surface area contributed by atoms with E-state index in [1.165, 1.54) is 4.90 Å². The number of carboxylic acid groups (broad SMARTS) is 1. The molecule has 90 valence electrons. The fourth-order valence-electron chi connectivity index (χ4n) is 0.988. The number of carbonyl (C=O) groups is 3. The summed E-state index contributed by atoms with van der Waals surface area (Å²) in [5, 5.41) is 8.23. The standard InChI is InChI=1S/C10H15NO5/c1-3-11(4-2)8(12)7-16-10(15)6-5-9(13)14/h5-6H,3-4,7H2,1-2H3,(H,13,14)/b6-5-. The second kappa shape index (κ2) is 7.44. The summed E-state index contributed by atoms with van der Waals surface area (Å²) < 4.78 is 4.56. The van der Waals surface area contributed by atoms with Crippen LogP contribution in [0, 0.1) is 0 Å². The summed E-state index contributed by atoms with van der Waals surface area (Å²) >= 11 is 0. The number of aliphatic carboxylic acids is 1. The minimum Gasteiger partial charge on any atom is -0.478 e. The Morgan fingerprint density at radius 3 is 2.19 bits per heavy atom. The first kappa shape index (κ1) is 14.2. The topological polar surface area (TPSA) is 83.9 Å². The number of carboxylic acids is 1. The predicted octanol–water partition coefficient (Wildman–Crippen LogP) is 0.0388. The highest BCUT2D eigenvalue weighted by Crippen LogP contribution is 1.91. The smallest absolute Gasteiger partial charge is 0.331 e. The molecule has 0 saturated carbocycles. The van der Waals surface area contributed by atoms with Crippen LogP contribution in [0.3, 0.4) is 0 Å². The van der Waals surface area contributed by atoms with Gasteiger partial charge in [0.15, 0.2) is 6.61 Å². The zero-order valence-corrected chi connectivity index (χ0v) is 9.30. The van der Waals surface area contributed by atoms with E-state index in [-0.39, 0.29) is 12.5 Å². The minimum absolute atomic E-state index is 0.304. The average molecular weight is 229 g/mol. The Morgan fingerprint density at radius 2 is 1.75 bits per heavy atom. The molecule has 6 nitrogen and oxygen atoms in total. The van der Waals surface area contributed by atoms with Crippen molar-refractivity contribution in [1.82, 2.24) is 4.90 Å². The van der Waals surface area contributed by atoms with Crippen molar-refractivity contribution < 1.29 is 24.2 Å². The van der Waals surface area contributed by atoms with Crippen LogP contribution >= 0.6 is 0 Å². The molecule has 0 saturated heterocycles. The summed E-state index contributed by atoms with van der Waals surface area (Å²) in [6, 6.07) is 0. The van der Waals surface area contributed by atoms with E-state index in [4.69, 9.17) is 5.11 Å². The van der Waals surface area contributed by atoms with E-state index in [9.17, 15) is 14.4 Å². The van der Waals surface area contributed by atoms with Crippen LogP contribution in [-0.4, -0.2) is 47.5 Å². The van der Waals surface area contributed by atoms with Gasteiger partial charge in [0.25, 0.3) is 5.91 Å². The number of rotatable bonds is 6. The molecule has 0 aromatic rings. The van der Waals surface area contributed by atoms with Gasteiger partial charge < -0.3 is 14.7 Å². The van der Waals surface area contributed by atoms with E-state index in [1.54, 1.807) is 0 Å². The lowest BCUT2D eigenvalue weighted by atomic mass is 10.4. The van der Waals surface area contributed by atoms with Crippen molar-refractivity contribution in [3.05, 3.63) is 12.2 Å². The first-order chi connectivity index (χ1) is 7.51. The van der Waals surface area contributed by atoms with Gasteiger partial charge in [0.05, 0.1) is 0 Å². The summed E-state index contributed by atoms with van der Waals surface area (Å²) in [5.74, 6) is -2.39. The van der Waals surface area contributed by atoms with Crippen molar-refractivity contribution in [2.45, 2.75) is 13.8 Å². The second-order valence-electron chi connectivity index (χ2n) is 2.85. The van der Waals surface area contributed by atoms with Crippen LogP contribution < -0.4 is 0 Å².